The van der Waals surface area contributed by atoms with Gasteiger partial charge >= 0.3 is 0 Å². The van der Waals surface area contributed by atoms with Gasteiger partial charge < -0.3 is 4.74 Å². The summed E-state index contributed by atoms with van der Waals surface area (Å²) in [6, 6.07) is 8.15. The van der Waals surface area contributed by atoms with Crippen LogP contribution in [0.25, 0.3) is 6.08 Å². The van der Waals surface area contributed by atoms with Gasteiger partial charge in [-0.15, -0.1) is 0 Å². The van der Waals surface area contributed by atoms with Gasteiger partial charge in [-0.3, -0.25) is 0 Å². The molecule has 0 aromatic heterocycles. The molecular formula is C12H14O. The van der Waals surface area contributed by atoms with Gasteiger partial charge in [0, 0.05) is 0 Å². The first kappa shape index (κ1) is 8.36. The van der Waals surface area contributed by atoms with Gasteiger partial charge in [0.25, 0.3) is 0 Å². The summed E-state index contributed by atoms with van der Waals surface area (Å²) in [5.41, 5.74) is 1.26. The molecule has 0 N–H and O–H groups in total. The van der Waals surface area contributed by atoms with Gasteiger partial charge in [0.1, 0.15) is 5.75 Å². The Bertz CT molecular complexity index is 293. The van der Waals surface area contributed by atoms with Gasteiger partial charge in [-0.25, -0.2) is 0 Å². The Balaban J connectivity index is 2.03. The standard InChI is InChI=1S/C12H14O/c1-13-12-8-6-11(7-9-12)5-4-10-2-3-10/h4-10H,2-3H2,1H3. The van der Waals surface area contributed by atoms with Gasteiger partial charge in [0.2, 0.25) is 0 Å². The largest absolute Gasteiger partial charge is 0.497 e. The molecule has 0 heterocycles. The van der Waals surface area contributed by atoms with Crippen molar-refractivity contribution in [2.24, 2.45) is 5.92 Å². The van der Waals surface area contributed by atoms with Crippen molar-refractivity contribution < 1.29 is 4.74 Å². The van der Waals surface area contributed by atoms with E-state index in [0.29, 0.717) is 0 Å². The van der Waals surface area contributed by atoms with Crippen LogP contribution in [0.3, 0.4) is 0 Å². The Kier molecular flexibility index (Phi) is 2.35. The second-order valence-electron chi connectivity index (χ2n) is 3.47. The van der Waals surface area contributed by atoms with Crippen LogP contribution in [0.2, 0.25) is 0 Å². The lowest BCUT2D eigenvalue weighted by molar-refractivity contribution is 0.415. The third kappa shape index (κ3) is 2.35. The van der Waals surface area contributed by atoms with Crippen LogP contribution in [0.4, 0.5) is 0 Å². The Morgan fingerprint density at radius 3 is 2.46 bits per heavy atom. The van der Waals surface area contributed by atoms with Crippen LogP contribution in [-0.4, -0.2) is 7.11 Å². The van der Waals surface area contributed by atoms with Gasteiger partial charge in [-0.2, -0.15) is 0 Å². The van der Waals surface area contributed by atoms with Gasteiger partial charge in [-0.1, -0.05) is 24.3 Å². The van der Waals surface area contributed by atoms with Crippen LogP contribution < -0.4 is 4.74 Å². The minimum atomic E-state index is 0.849. The SMILES string of the molecule is COc1ccc(C=CC2CC2)cc1. The second kappa shape index (κ2) is 3.65. The van der Waals surface area contributed by atoms with Crippen molar-refractivity contribution in [2.75, 3.05) is 7.11 Å². The summed E-state index contributed by atoms with van der Waals surface area (Å²) in [5, 5.41) is 0. The third-order valence-electron chi connectivity index (χ3n) is 2.30. The van der Waals surface area contributed by atoms with E-state index in [1.807, 2.05) is 12.1 Å². The van der Waals surface area contributed by atoms with E-state index in [-0.39, 0.29) is 0 Å². The van der Waals surface area contributed by atoms with E-state index in [1.165, 1.54) is 18.4 Å². The normalized spacial score (nSPS) is 16.4. The molecule has 0 amide bonds. The fourth-order valence-electron chi connectivity index (χ4n) is 1.25. The second-order valence-corrected chi connectivity index (χ2v) is 3.47. The lowest BCUT2D eigenvalue weighted by atomic mass is 10.2. The molecule has 1 fully saturated rings. The van der Waals surface area contributed by atoms with Gasteiger partial charge in [0.15, 0.2) is 0 Å². The first-order valence-electron chi connectivity index (χ1n) is 4.71. The highest BCUT2D eigenvalue weighted by Gasteiger charge is 2.16. The molecule has 0 bridgehead atoms. The van der Waals surface area contributed by atoms with Crippen LogP contribution in [0.5, 0.6) is 5.75 Å². The molecule has 0 spiro atoms. The summed E-state index contributed by atoms with van der Waals surface area (Å²) < 4.78 is 5.08. The van der Waals surface area contributed by atoms with Gasteiger partial charge in [-0.05, 0) is 36.5 Å². The molecule has 13 heavy (non-hydrogen) atoms. The fourth-order valence-corrected chi connectivity index (χ4v) is 1.25. The van der Waals surface area contributed by atoms with E-state index < -0.39 is 0 Å². The molecular weight excluding hydrogens is 160 g/mol. The third-order valence-corrected chi connectivity index (χ3v) is 2.30. The van der Waals surface area contributed by atoms with Gasteiger partial charge in [0.05, 0.1) is 7.11 Å². The Morgan fingerprint density at radius 1 is 1.23 bits per heavy atom. The van der Waals surface area contributed by atoms with E-state index in [1.54, 1.807) is 7.11 Å². The molecule has 1 aromatic carbocycles. The van der Waals surface area contributed by atoms with Crippen LogP contribution >= 0.6 is 0 Å². The number of ether oxygens (including phenoxy) is 1. The average Bonchev–Trinajstić information content (AvgIpc) is 2.99. The first-order valence-corrected chi connectivity index (χ1v) is 4.71. The van der Waals surface area contributed by atoms with Crippen LogP contribution in [0.15, 0.2) is 30.3 Å². The highest BCUT2D eigenvalue weighted by atomic mass is 16.5. The number of allylic oxidation sites excluding steroid dienone is 1. The number of methoxy groups -OCH3 is 1. The highest BCUT2D eigenvalue weighted by molar-refractivity contribution is 5.51. The number of hydrogen-bond acceptors (Lipinski definition) is 1. The van der Waals surface area contributed by atoms with E-state index in [9.17, 15) is 0 Å². The lowest BCUT2D eigenvalue weighted by Crippen LogP contribution is -1.81. The summed E-state index contributed by atoms with van der Waals surface area (Å²) in [7, 11) is 1.69. The summed E-state index contributed by atoms with van der Waals surface area (Å²) >= 11 is 0. The predicted molar refractivity (Wildman–Crippen MR) is 54.8 cm³/mol. The van der Waals surface area contributed by atoms with Crippen molar-refractivity contribution in [3.05, 3.63) is 35.9 Å². The lowest BCUT2D eigenvalue weighted by Gasteiger charge is -1.98. The number of hydrogen-bond donors (Lipinski definition) is 0. The molecule has 1 saturated carbocycles. The molecule has 1 heteroatoms. The number of rotatable bonds is 3. The molecule has 1 aromatic rings. The molecule has 1 aliphatic carbocycles. The molecule has 0 radical (unpaired) electrons. The molecule has 0 atom stereocenters. The van der Waals surface area contributed by atoms with Crippen molar-refractivity contribution in [1.82, 2.24) is 0 Å². The maximum absolute atomic E-state index is 5.08. The van der Waals surface area contributed by atoms with Crippen LogP contribution in [-0.2, 0) is 0 Å². The maximum Gasteiger partial charge on any atom is 0.118 e. The molecule has 0 saturated heterocycles. The smallest absolute Gasteiger partial charge is 0.118 e. The zero-order chi connectivity index (χ0) is 9.10. The topological polar surface area (TPSA) is 9.23 Å². The number of benzene rings is 1. The molecule has 2 rings (SSSR count). The summed E-state index contributed by atoms with van der Waals surface area (Å²) in [6.45, 7) is 0. The zero-order valence-corrected chi connectivity index (χ0v) is 7.86. The molecule has 0 aliphatic heterocycles. The summed E-state index contributed by atoms with van der Waals surface area (Å²) in [5.74, 6) is 1.77. The van der Waals surface area contributed by atoms with E-state index in [2.05, 4.69) is 24.3 Å². The van der Waals surface area contributed by atoms with E-state index in [0.717, 1.165) is 11.7 Å². The van der Waals surface area contributed by atoms with Crippen molar-refractivity contribution in [2.45, 2.75) is 12.8 Å². The average molecular weight is 174 g/mol. The predicted octanol–water partition coefficient (Wildman–Crippen LogP) is 3.12. The monoisotopic (exact) mass is 174 g/mol. The van der Waals surface area contributed by atoms with Crippen molar-refractivity contribution in [1.29, 1.82) is 0 Å². The van der Waals surface area contributed by atoms with Crippen LogP contribution in [0.1, 0.15) is 18.4 Å². The Morgan fingerprint density at radius 2 is 1.92 bits per heavy atom. The van der Waals surface area contributed by atoms with Crippen LogP contribution in [0, 0.1) is 5.92 Å². The zero-order valence-electron chi connectivity index (χ0n) is 7.86. The van der Waals surface area contributed by atoms with E-state index >= 15 is 0 Å². The quantitative estimate of drug-likeness (QED) is 0.684. The first-order chi connectivity index (χ1) is 6.38. The molecule has 1 nitrogen and oxygen atoms in total. The minimum Gasteiger partial charge on any atom is -0.497 e. The fraction of sp³-hybridized carbons (Fsp3) is 0.333. The Hall–Kier alpha value is -1.24. The minimum absolute atomic E-state index is 0.849. The molecule has 0 unspecified atom stereocenters. The van der Waals surface area contributed by atoms with E-state index in [4.69, 9.17) is 4.74 Å². The van der Waals surface area contributed by atoms with Crippen molar-refractivity contribution in [3.63, 3.8) is 0 Å². The molecule has 68 valence electrons. The highest BCUT2D eigenvalue weighted by Crippen LogP contribution is 2.30. The maximum atomic E-state index is 5.08. The summed E-state index contributed by atoms with van der Waals surface area (Å²) in [6.07, 6.45) is 7.22. The van der Waals surface area contributed by atoms with Crippen molar-refractivity contribution in [3.8, 4) is 5.75 Å². The summed E-state index contributed by atoms with van der Waals surface area (Å²) in [4.78, 5) is 0. The van der Waals surface area contributed by atoms with Crippen molar-refractivity contribution >= 4 is 6.08 Å². The Labute approximate surface area is 79.0 Å². The molecule has 1 aliphatic rings.